The third-order valence-corrected chi connectivity index (χ3v) is 7.59. The van der Waals surface area contributed by atoms with Crippen LogP contribution in [0.1, 0.15) is 70.4 Å². The fourth-order valence-electron chi connectivity index (χ4n) is 5.38. The molecular formula is C31H32N4O2S. The summed E-state index contributed by atoms with van der Waals surface area (Å²) in [6.45, 7) is 8.53. The number of pyridine rings is 1. The number of nitrogens with one attached hydrogen (secondary N) is 1. The molecule has 1 aliphatic heterocycles. The van der Waals surface area contributed by atoms with Crippen LogP contribution in [-0.4, -0.2) is 27.7 Å². The van der Waals surface area contributed by atoms with Gasteiger partial charge in [0.05, 0.1) is 36.1 Å². The zero-order chi connectivity index (χ0) is 27.0. The van der Waals surface area contributed by atoms with Crippen LogP contribution in [0.2, 0.25) is 0 Å². The summed E-state index contributed by atoms with van der Waals surface area (Å²) in [4.78, 5) is 19.5. The van der Waals surface area contributed by atoms with Gasteiger partial charge in [0.15, 0.2) is 5.11 Å². The number of para-hydroxylation sites is 1. The van der Waals surface area contributed by atoms with Crippen LogP contribution in [-0.2, 0) is 4.74 Å². The first-order chi connectivity index (χ1) is 18.3. The van der Waals surface area contributed by atoms with E-state index in [0.29, 0.717) is 16.6 Å². The first-order valence-electron chi connectivity index (χ1n) is 12.8. The van der Waals surface area contributed by atoms with Gasteiger partial charge in [0.25, 0.3) is 0 Å². The molecule has 0 saturated carbocycles. The quantitative estimate of drug-likeness (QED) is 0.227. The highest BCUT2D eigenvalue weighted by atomic mass is 32.1. The highest BCUT2D eigenvalue weighted by Gasteiger charge is 2.42. The Hall–Kier alpha value is -3.97. The number of carbonyl (C=O) groups is 1. The molecule has 0 amide bonds. The van der Waals surface area contributed by atoms with Crippen LogP contribution in [0.15, 0.2) is 79.0 Å². The number of esters is 1. The summed E-state index contributed by atoms with van der Waals surface area (Å²) in [7, 11) is 1.41. The van der Waals surface area contributed by atoms with Gasteiger partial charge in [-0.15, -0.1) is 0 Å². The van der Waals surface area contributed by atoms with Crippen molar-refractivity contribution in [3.8, 4) is 5.69 Å². The number of rotatable bonds is 6. The number of thiocarbonyl (C=S) groups is 1. The van der Waals surface area contributed by atoms with Gasteiger partial charge in [0.1, 0.15) is 0 Å². The Morgan fingerprint density at radius 3 is 2.39 bits per heavy atom. The molecule has 0 radical (unpaired) electrons. The molecule has 5 rings (SSSR count). The van der Waals surface area contributed by atoms with Gasteiger partial charge in [-0.25, -0.2) is 4.79 Å². The Balaban J connectivity index is 1.68. The van der Waals surface area contributed by atoms with Gasteiger partial charge in [-0.1, -0.05) is 44.2 Å². The molecule has 1 fully saturated rings. The first kappa shape index (κ1) is 25.7. The normalized spacial score (nSPS) is 17.1. The molecule has 1 N–H and O–H groups in total. The minimum Gasteiger partial charge on any atom is -0.465 e. The Morgan fingerprint density at radius 2 is 1.74 bits per heavy atom. The molecule has 6 nitrogen and oxygen atoms in total. The van der Waals surface area contributed by atoms with Crippen molar-refractivity contribution in [2.45, 2.75) is 45.7 Å². The van der Waals surface area contributed by atoms with Crippen LogP contribution in [0.25, 0.3) is 5.69 Å². The minimum absolute atomic E-state index is 0.146. The van der Waals surface area contributed by atoms with Crippen LogP contribution in [0.5, 0.6) is 0 Å². The van der Waals surface area contributed by atoms with Gasteiger partial charge in [-0.3, -0.25) is 4.98 Å². The molecule has 2 atom stereocenters. The van der Waals surface area contributed by atoms with Crippen LogP contribution in [0.3, 0.4) is 0 Å². The molecular weight excluding hydrogens is 492 g/mol. The molecule has 0 spiro atoms. The van der Waals surface area contributed by atoms with E-state index in [1.54, 1.807) is 6.07 Å². The van der Waals surface area contributed by atoms with Crippen molar-refractivity contribution in [3.63, 3.8) is 0 Å². The second kappa shape index (κ2) is 10.4. The lowest BCUT2D eigenvalue weighted by Gasteiger charge is -2.28. The van der Waals surface area contributed by atoms with E-state index >= 15 is 0 Å². The lowest BCUT2D eigenvalue weighted by molar-refractivity contribution is 0.0600. The van der Waals surface area contributed by atoms with Crippen molar-refractivity contribution in [3.05, 3.63) is 113 Å². The standard InChI is InChI=1S/C31H32N4O2S/c1-19(2)22-13-15-23(16-14-22)35-29(28(33-31(35)38)26-11-8-9-17-32-26)25-18-20(3)34(21(25)4)27-12-7-6-10-24(27)30(36)37-5/h6-19,28-29H,1-5H3,(H,33,38)/t28-,29-/m0/s1. The monoisotopic (exact) mass is 524 g/mol. The molecule has 2 aromatic heterocycles. The molecule has 2 aromatic carbocycles. The Labute approximate surface area is 229 Å². The fourth-order valence-corrected chi connectivity index (χ4v) is 5.72. The van der Waals surface area contributed by atoms with E-state index in [1.165, 1.54) is 12.7 Å². The van der Waals surface area contributed by atoms with Crippen molar-refractivity contribution in [2.75, 3.05) is 12.0 Å². The number of aryl methyl sites for hydroxylation is 1. The van der Waals surface area contributed by atoms with Gasteiger partial charge in [0.2, 0.25) is 0 Å². The number of ether oxygens (including phenoxy) is 1. The average Bonchev–Trinajstić information content (AvgIpc) is 3.43. The van der Waals surface area contributed by atoms with Crippen LogP contribution < -0.4 is 10.2 Å². The summed E-state index contributed by atoms with van der Waals surface area (Å²) in [5.41, 5.74) is 7.68. The van der Waals surface area contributed by atoms with E-state index in [9.17, 15) is 4.79 Å². The maximum atomic E-state index is 12.6. The van der Waals surface area contributed by atoms with Crippen molar-refractivity contribution in [1.29, 1.82) is 0 Å². The topological polar surface area (TPSA) is 59.4 Å². The van der Waals surface area contributed by atoms with Gasteiger partial charge < -0.3 is 19.5 Å². The van der Waals surface area contributed by atoms with Crippen LogP contribution in [0.4, 0.5) is 5.69 Å². The summed E-state index contributed by atoms with van der Waals surface area (Å²) in [6.07, 6.45) is 1.81. The molecule has 0 aliphatic carbocycles. The highest BCUT2D eigenvalue weighted by molar-refractivity contribution is 7.80. The molecule has 4 aromatic rings. The second-order valence-corrected chi connectivity index (χ2v) is 10.3. The van der Waals surface area contributed by atoms with E-state index < -0.39 is 0 Å². The van der Waals surface area contributed by atoms with Crippen molar-refractivity contribution >= 4 is 29.0 Å². The van der Waals surface area contributed by atoms with E-state index in [2.05, 4.69) is 77.8 Å². The maximum Gasteiger partial charge on any atom is 0.339 e. The molecule has 0 unspecified atom stereocenters. The largest absolute Gasteiger partial charge is 0.465 e. The minimum atomic E-state index is -0.364. The molecule has 38 heavy (non-hydrogen) atoms. The lowest BCUT2D eigenvalue weighted by Crippen LogP contribution is -2.29. The summed E-state index contributed by atoms with van der Waals surface area (Å²) < 4.78 is 7.20. The van der Waals surface area contributed by atoms with E-state index in [4.69, 9.17) is 17.0 Å². The smallest absolute Gasteiger partial charge is 0.339 e. The zero-order valence-electron chi connectivity index (χ0n) is 22.3. The van der Waals surface area contributed by atoms with Gasteiger partial charge in [-0.05, 0) is 85.6 Å². The van der Waals surface area contributed by atoms with Gasteiger partial charge in [0, 0.05) is 23.3 Å². The SMILES string of the molecule is COC(=O)c1ccccc1-n1c(C)cc([C@H]2[C@H](c3ccccn3)NC(=S)N2c2ccc(C(C)C)cc2)c1C. The highest BCUT2D eigenvalue weighted by Crippen LogP contribution is 2.44. The summed E-state index contributed by atoms with van der Waals surface area (Å²) in [5, 5.41) is 4.21. The number of nitrogens with zero attached hydrogens (tertiary/aromatic N) is 3. The third-order valence-electron chi connectivity index (χ3n) is 7.28. The number of methoxy groups -OCH3 is 1. The summed E-state index contributed by atoms with van der Waals surface area (Å²) in [5.74, 6) is 0.0789. The summed E-state index contributed by atoms with van der Waals surface area (Å²) in [6, 6.07) is 24.0. The third kappa shape index (κ3) is 4.47. The van der Waals surface area contributed by atoms with Crippen LogP contribution >= 0.6 is 12.2 Å². The maximum absolute atomic E-state index is 12.6. The van der Waals surface area contributed by atoms with Gasteiger partial charge >= 0.3 is 5.97 Å². The Bertz CT molecular complexity index is 1480. The molecule has 1 aliphatic rings. The van der Waals surface area contributed by atoms with Crippen molar-refractivity contribution in [2.24, 2.45) is 0 Å². The zero-order valence-corrected chi connectivity index (χ0v) is 23.1. The van der Waals surface area contributed by atoms with Crippen LogP contribution in [0, 0.1) is 13.8 Å². The predicted octanol–water partition coefficient (Wildman–Crippen LogP) is 6.58. The number of benzene rings is 2. The number of hydrogen-bond acceptors (Lipinski definition) is 4. The first-order valence-corrected chi connectivity index (χ1v) is 13.2. The molecule has 1 saturated heterocycles. The second-order valence-electron chi connectivity index (χ2n) is 9.91. The number of carbonyl (C=O) groups excluding carboxylic acids is 1. The van der Waals surface area contributed by atoms with Crippen molar-refractivity contribution < 1.29 is 9.53 Å². The fraction of sp³-hybridized carbons (Fsp3) is 0.258. The van der Waals surface area contributed by atoms with E-state index in [0.717, 1.165) is 34.0 Å². The predicted molar refractivity (Wildman–Crippen MR) is 155 cm³/mol. The van der Waals surface area contributed by atoms with Crippen molar-refractivity contribution in [1.82, 2.24) is 14.9 Å². The van der Waals surface area contributed by atoms with Gasteiger partial charge in [-0.2, -0.15) is 0 Å². The number of anilines is 1. The summed E-state index contributed by atoms with van der Waals surface area (Å²) >= 11 is 5.93. The number of hydrogen-bond donors (Lipinski definition) is 1. The average molecular weight is 525 g/mol. The molecule has 194 valence electrons. The lowest BCUT2D eigenvalue weighted by atomic mass is 9.96. The Morgan fingerprint density at radius 1 is 1.03 bits per heavy atom. The molecule has 7 heteroatoms. The van der Waals surface area contributed by atoms with E-state index in [1.807, 2.05) is 42.6 Å². The molecule has 3 heterocycles. The Kier molecular flexibility index (Phi) is 7.04. The number of aromatic nitrogens is 2. The molecule has 0 bridgehead atoms. The van der Waals surface area contributed by atoms with E-state index in [-0.39, 0.29) is 18.1 Å².